The lowest BCUT2D eigenvalue weighted by Gasteiger charge is -2.16. The van der Waals surface area contributed by atoms with Crippen LogP contribution < -0.4 is 10.6 Å². The predicted octanol–water partition coefficient (Wildman–Crippen LogP) is 2.11. The van der Waals surface area contributed by atoms with Crippen LogP contribution in [0.15, 0.2) is 24.3 Å². The lowest BCUT2D eigenvalue weighted by molar-refractivity contribution is 0.202. The standard InChI is InChI=1S/C9H11N2O2/c1-2-11(9(12)13)8-5-3-7(10)4-6-8/h3-6,10H,2H2,1H3,(H,12,13). The lowest BCUT2D eigenvalue weighted by atomic mass is 10.2. The largest absolute Gasteiger partial charge is 0.465 e. The molecular formula is C9H11N2O2. The van der Waals surface area contributed by atoms with Crippen molar-refractivity contribution in [1.29, 1.82) is 0 Å². The van der Waals surface area contributed by atoms with E-state index in [2.05, 4.69) is 0 Å². The zero-order valence-electron chi connectivity index (χ0n) is 7.32. The monoisotopic (exact) mass is 179 g/mol. The van der Waals surface area contributed by atoms with Gasteiger partial charge in [-0.3, -0.25) is 4.90 Å². The first kappa shape index (κ1) is 9.38. The Balaban J connectivity index is 2.92. The lowest BCUT2D eigenvalue weighted by Crippen LogP contribution is -2.28. The molecule has 69 valence electrons. The number of hydrogen-bond donors (Lipinski definition) is 1. The van der Waals surface area contributed by atoms with Gasteiger partial charge in [-0.25, -0.2) is 4.79 Å². The zero-order valence-corrected chi connectivity index (χ0v) is 7.32. The molecule has 4 heteroatoms. The van der Waals surface area contributed by atoms with Gasteiger partial charge < -0.3 is 10.8 Å². The molecule has 0 atom stereocenters. The number of carboxylic acid groups (broad SMARTS) is 1. The first-order chi connectivity index (χ1) is 6.15. The molecule has 0 saturated carbocycles. The third kappa shape index (κ3) is 2.11. The fourth-order valence-corrected chi connectivity index (χ4v) is 1.07. The Hall–Kier alpha value is -1.71. The zero-order chi connectivity index (χ0) is 9.84. The van der Waals surface area contributed by atoms with Gasteiger partial charge in [0.25, 0.3) is 0 Å². The molecule has 0 fully saturated rings. The number of hydrogen-bond acceptors (Lipinski definition) is 1. The number of benzene rings is 1. The van der Waals surface area contributed by atoms with Crippen LogP contribution in [0.25, 0.3) is 0 Å². The van der Waals surface area contributed by atoms with E-state index in [1.807, 2.05) is 0 Å². The van der Waals surface area contributed by atoms with Crippen LogP contribution in [0.3, 0.4) is 0 Å². The molecule has 1 aromatic carbocycles. The van der Waals surface area contributed by atoms with Crippen LogP contribution in [-0.4, -0.2) is 17.7 Å². The molecular weight excluding hydrogens is 168 g/mol. The van der Waals surface area contributed by atoms with Crippen LogP contribution in [0.4, 0.5) is 16.2 Å². The van der Waals surface area contributed by atoms with Crippen molar-refractivity contribution in [3.8, 4) is 0 Å². The van der Waals surface area contributed by atoms with Crippen LogP contribution >= 0.6 is 0 Å². The van der Waals surface area contributed by atoms with E-state index < -0.39 is 6.09 Å². The second-order valence-electron chi connectivity index (χ2n) is 2.57. The van der Waals surface area contributed by atoms with Gasteiger partial charge >= 0.3 is 6.09 Å². The maximum absolute atomic E-state index is 10.7. The Morgan fingerprint density at radius 2 is 2.00 bits per heavy atom. The number of anilines is 1. The first-order valence-electron chi connectivity index (χ1n) is 3.97. The Bertz CT molecular complexity index is 295. The van der Waals surface area contributed by atoms with Crippen molar-refractivity contribution in [3.05, 3.63) is 24.3 Å². The Morgan fingerprint density at radius 1 is 1.46 bits per heavy atom. The Labute approximate surface area is 76.6 Å². The summed E-state index contributed by atoms with van der Waals surface area (Å²) >= 11 is 0. The smallest absolute Gasteiger partial charge is 0.411 e. The van der Waals surface area contributed by atoms with Gasteiger partial charge in [0, 0.05) is 12.2 Å². The molecule has 0 aliphatic carbocycles. The van der Waals surface area contributed by atoms with E-state index in [4.69, 9.17) is 10.8 Å². The Kier molecular flexibility index (Phi) is 2.74. The fraction of sp³-hybridized carbons (Fsp3) is 0.222. The highest BCUT2D eigenvalue weighted by molar-refractivity contribution is 5.86. The van der Waals surface area contributed by atoms with E-state index in [9.17, 15) is 4.79 Å². The second-order valence-corrected chi connectivity index (χ2v) is 2.57. The molecule has 1 amide bonds. The molecule has 1 aromatic rings. The summed E-state index contributed by atoms with van der Waals surface area (Å²) in [5.41, 5.74) is 8.21. The topological polar surface area (TPSA) is 64.3 Å². The summed E-state index contributed by atoms with van der Waals surface area (Å²) in [6, 6.07) is 6.39. The van der Waals surface area contributed by atoms with E-state index in [0.29, 0.717) is 17.9 Å². The van der Waals surface area contributed by atoms with Crippen molar-refractivity contribution in [2.45, 2.75) is 6.92 Å². The second kappa shape index (κ2) is 3.80. The molecule has 0 bridgehead atoms. The van der Waals surface area contributed by atoms with Gasteiger partial charge in [-0.05, 0) is 31.2 Å². The molecule has 0 heterocycles. The summed E-state index contributed by atoms with van der Waals surface area (Å²) < 4.78 is 0. The fourth-order valence-electron chi connectivity index (χ4n) is 1.07. The summed E-state index contributed by atoms with van der Waals surface area (Å²) in [5.74, 6) is 0. The van der Waals surface area contributed by atoms with E-state index >= 15 is 0 Å². The molecule has 0 spiro atoms. The van der Waals surface area contributed by atoms with E-state index in [1.165, 1.54) is 4.90 Å². The predicted molar refractivity (Wildman–Crippen MR) is 50.2 cm³/mol. The molecule has 4 nitrogen and oxygen atoms in total. The summed E-state index contributed by atoms with van der Waals surface area (Å²) in [7, 11) is 0. The van der Waals surface area contributed by atoms with Crippen LogP contribution in [0.2, 0.25) is 0 Å². The minimum absolute atomic E-state index is 0.380. The number of nitrogens with zero attached hydrogens (tertiary/aromatic N) is 1. The van der Waals surface area contributed by atoms with Gasteiger partial charge in [-0.1, -0.05) is 0 Å². The normalized spacial score (nSPS) is 9.62. The van der Waals surface area contributed by atoms with E-state index in [0.717, 1.165) is 0 Å². The molecule has 0 aromatic heterocycles. The molecule has 13 heavy (non-hydrogen) atoms. The van der Waals surface area contributed by atoms with E-state index in [-0.39, 0.29) is 0 Å². The first-order valence-corrected chi connectivity index (χ1v) is 3.97. The number of rotatable bonds is 2. The highest BCUT2D eigenvalue weighted by Gasteiger charge is 2.10. The van der Waals surface area contributed by atoms with Crippen molar-refractivity contribution in [1.82, 2.24) is 5.73 Å². The molecule has 2 N–H and O–H groups in total. The van der Waals surface area contributed by atoms with Crippen molar-refractivity contribution in [2.75, 3.05) is 11.4 Å². The molecule has 0 aliphatic heterocycles. The van der Waals surface area contributed by atoms with Crippen LogP contribution in [0.1, 0.15) is 6.92 Å². The van der Waals surface area contributed by atoms with E-state index in [1.54, 1.807) is 31.2 Å². The van der Waals surface area contributed by atoms with Crippen molar-refractivity contribution >= 4 is 17.5 Å². The summed E-state index contributed by atoms with van der Waals surface area (Å²) in [6.45, 7) is 2.18. The summed E-state index contributed by atoms with van der Waals surface area (Å²) in [4.78, 5) is 11.9. The van der Waals surface area contributed by atoms with Gasteiger partial charge in [-0.2, -0.15) is 0 Å². The van der Waals surface area contributed by atoms with Crippen molar-refractivity contribution in [2.24, 2.45) is 0 Å². The highest BCUT2D eigenvalue weighted by Crippen LogP contribution is 2.16. The number of nitrogens with one attached hydrogen (secondary N) is 1. The average Bonchev–Trinajstić information content (AvgIpc) is 2.09. The Morgan fingerprint density at radius 3 is 2.38 bits per heavy atom. The maximum Gasteiger partial charge on any atom is 0.411 e. The van der Waals surface area contributed by atoms with Crippen LogP contribution in [0, 0.1) is 0 Å². The van der Waals surface area contributed by atoms with Gasteiger partial charge in [0.05, 0.1) is 5.69 Å². The highest BCUT2D eigenvalue weighted by atomic mass is 16.4. The van der Waals surface area contributed by atoms with Crippen LogP contribution in [0.5, 0.6) is 0 Å². The minimum Gasteiger partial charge on any atom is -0.465 e. The third-order valence-electron chi connectivity index (χ3n) is 1.73. The van der Waals surface area contributed by atoms with Gasteiger partial charge in [0.1, 0.15) is 0 Å². The van der Waals surface area contributed by atoms with Crippen molar-refractivity contribution in [3.63, 3.8) is 0 Å². The minimum atomic E-state index is -0.972. The summed E-state index contributed by atoms with van der Waals surface area (Å²) in [6.07, 6.45) is -0.972. The average molecular weight is 179 g/mol. The molecule has 0 saturated heterocycles. The van der Waals surface area contributed by atoms with Gasteiger partial charge in [0.15, 0.2) is 0 Å². The SMILES string of the molecule is CCN(C(=O)O)c1ccc([NH])cc1. The summed E-state index contributed by atoms with van der Waals surface area (Å²) in [5, 5.41) is 8.78. The third-order valence-corrected chi connectivity index (χ3v) is 1.73. The van der Waals surface area contributed by atoms with Gasteiger partial charge in [0.2, 0.25) is 0 Å². The number of carbonyl (C=O) groups is 1. The van der Waals surface area contributed by atoms with Crippen LogP contribution in [-0.2, 0) is 0 Å². The number of amides is 1. The maximum atomic E-state index is 10.7. The molecule has 1 radical (unpaired) electrons. The quantitative estimate of drug-likeness (QED) is 0.755. The molecule has 1 rings (SSSR count). The van der Waals surface area contributed by atoms with Crippen molar-refractivity contribution < 1.29 is 9.90 Å². The molecule has 0 aliphatic rings. The van der Waals surface area contributed by atoms with Gasteiger partial charge in [-0.15, -0.1) is 0 Å². The molecule has 0 unspecified atom stereocenters.